The van der Waals surface area contributed by atoms with Crippen LogP contribution in [-0.4, -0.2) is 22.9 Å². The van der Waals surface area contributed by atoms with Gasteiger partial charge in [0.2, 0.25) is 0 Å². The summed E-state index contributed by atoms with van der Waals surface area (Å²) in [5.41, 5.74) is 0.239. The lowest BCUT2D eigenvalue weighted by atomic mass is 9.75. The summed E-state index contributed by atoms with van der Waals surface area (Å²) in [5.74, 6) is 0. The number of allylic oxidation sites excluding steroid dienone is 1. The average molecular weight is 198 g/mol. The van der Waals surface area contributed by atoms with Crippen molar-refractivity contribution in [1.29, 1.82) is 0 Å². The highest BCUT2D eigenvalue weighted by atomic mass is 16.5. The van der Waals surface area contributed by atoms with E-state index in [0.29, 0.717) is 13.0 Å². The second-order valence-corrected chi connectivity index (χ2v) is 4.73. The van der Waals surface area contributed by atoms with Crippen LogP contribution >= 0.6 is 0 Å². The van der Waals surface area contributed by atoms with Gasteiger partial charge in [0.25, 0.3) is 0 Å². The molecule has 14 heavy (non-hydrogen) atoms. The zero-order valence-corrected chi connectivity index (χ0v) is 9.76. The molecule has 1 atom stereocenters. The molecule has 0 spiro atoms. The Hall–Kier alpha value is -0.340. The van der Waals surface area contributed by atoms with Crippen molar-refractivity contribution in [3.63, 3.8) is 0 Å². The van der Waals surface area contributed by atoms with Crippen LogP contribution in [0.15, 0.2) is 11.6 Å². The molecule has 2 heteroatoms. The highest BCUT2D eigenvalue weighted by Gasteiger charge is 2.44. The van der Waals surface area contributed by atoms with Crippen molar-refractivity contribution in [2.24, 2.45) is 0 Å². The smallest absolute Gasteiger partial charge is 0.0967 e. The molecule has 0 aromatic heterocycles. The highest BCUT2D eigenvalue weighted by Crippen LogP contribution is 2.37. The van der Waals surface area contributed by atoms with Gasteiger partial charge in [-0.15, -0.1) is 0 Å². The van der Waals surface area contributed by atoms with Crippen molar-refractivity contribution in [3.8, 4) is 0 Å². The molecule has 1 unspecified atom stereocenters. The Morgan fingerprint density at radius 2 is 2.21 bits per heavy atom. The summed E-state index contributed by atoms with van der Waals surface area (Å²) in [6, 6.07) is 0. The van der Waals surface area contributed by atoms with Crippen molar-refractivity contribution in [3.05, 3.63) is 11.6 Å². The van der Waals surface area contributed by atoms with Crippen molar-refractivity contribution >= 4 is 0 Å². The third-order valence-corrected chi connectivity index (χ3v) is 3.35. The molecule has 0 fully saturated rings. The van der Waals surface area contributed by atoms with Crippen LogP contribution in [0.1, 0.15) is 47.0 Å². The van der Waals surface area contributed by atoms with E-state index in [0.717, 1.165) is 12.8 Å². The largest absolute Gasteiger partial charge is 0.387 e. The van der Waals surface area contributed by atoms with E-state index in [4.69, 9.17) is 4.74 Å². The monoisotopic (exact) mass is 198 g/mol. The second kappa shape index (κ2) is 4.03. The van der Waals surface area contributed by atoms with Crippen LogP contribution in [-0.2, 0) is 4.74 Å². The van der Waals surface area contributed by atoms with Gasteiger partial charge in [-0.2, -0.15) is 0 Å². The van der Waals surface area contributed by atoms with Gasteiger partial charge in [0.15, 0.2) is 0 Å². The molecule has 0 bridgehead atoms. The van der Waals surface area contributed by atoms with E-state index in [1.54, 1.807) is 0 Å². The van der Waals surface area contributed by atoms with Crippen LogP contribution < -0.4 is 0 Å². The second-order valence-electron chi connectivity index (χ2n) is 4.73. The first kappa shape index (κ1) is 11.7. The molecule has 1 aliphatic carbocycles. The quantitative estimate of drug-likeness (QED) is 0.706. The topological polar surface area (TPSA) is 29.5 Å². The van der Waals surface area contributed by atoms with Crippen LogP contribution in [0.5, 0.6) is 0 Å². The third-order valence-electron chi connectivity index (χ3n) is 3.35. The predicted octanol–water partition coefficient (Wildman–Crippen LogP) is 2.66. The Labute approximate surface area is 87.0 Å². The summed E-state index contributed by atoms with van der Waals surface area (Å²) in [5, 5.41) is 10.5. The number of hydrogen-bond donors (Lipinski definition) is 1. The van der Waals surface area contributed by atoms with Crippen molar-refractivity contribution in [2.75, 3.05) is 6.61 Å². The first-order chi connectivity index (χ1) is 6.41. The molecule has 0 aliphatic heterocycles. The fourth-order valence-corrected chi connectivity index (χ4v) is 1.99. The van der Waals surface area contributed by atoms with Crippen molar-refractivity contribution < 1.29 is 9.84 Å². The van der Waals surface area contributed by atoms with Crippen LogP contribution in [0, 0.1) is 0 Å². The molecule has 0 saturated carbocycles. The summed E-state index contributed by atoms with van der Waals surface area (Å²) in [7, 11) is 0. The zero-order chi connectivity index (χ0) is 10.8. The standard InChI is InChI=1S/C12H22O2/c1-5-14-11(3,4)12(13)8-6-10(2)7-9-12/h6,13H,5,7-9H2,1-4H3. The molecular weight excluding hydrogens is 176 g/mol. The third kappa shape index (κ3) is 2.18. The molecule has 0 aromatic carbocycles. The number of aliphatic hydroxyl groups is 1. The van der Waals surface area contributed by atoms with E-state index >= 15 is 0 Å². The fraction of sp³-hybridized carbons (Fsp3) is 0.833. The minimum Gasteiger partial charge on any atom is -0.387 e. The molecule has 1 N–H and O–H groups in total. The first-order valence-electron chi connectivity index (χ1n) is 5.43. The minimum absolute atomic E-state index is 0.445. The molecule has 0 aromatic rings. The minimum atomic E-state index is -0.692. The van der Waals surface area contributed by atoms with E-state index in [-0.39, 0.29) is 0 Å². The van der Waals surface area contributed by atoms with Gasteiger partial charge in [0.1, 0.15) is 0 Å². The highest BCUT2D eigenvalue weighted by molar-refractivity contribution is 5.12. The summed E-state index contributed by atoms with van der Waals surface area (Å²) in [4.78, 5) is 0. The summed E-state index contributed by atoms with van der Waals surface area (Å²) >= 11 is 0. The van der Waals surface area contributed by atoms with E-state index < -0.39 is 11.2 Å². The molecule has 0 heterocycles. The lowest BCUT2D eigenvalue weighted by Gasteiger charge is -2.44. The Morgan fingerprint density at radius 1 is 1.57 bits per heavy atom. The summed E-state index contributed by atoms with van der Waals surface area (Å²) in [6.07, 6.45) is 4.63. The van der Waals surface area contributed by atoms with Gasteiger partial charge in [-0.3, -0.25) is 0 Å². The van der Waals surface area contributed by atoms with Crippen LogP contribution in [0.25, 0.3) is 0 Å². The molecule has 2 nitrogen and oxygen atoms in total. The van der Waals surface area contributed by atoms with E-state index in [2.05, 4.69) is 13.0 Å². The molecule has 1 rings (SSSR count). The Kier molecular flexibility index (Phi) is 3.38. The number of hydrogen-bond acceptors (Lipinski definition) is 2. The van der Waals surface area contributed by atoms with Crippen LogP contribution in [0.2, 0.25) is 0 Å². The van der Waals surface area contributed by atoms with Gasteiger partial charge in [0, 0.05) is 6.61 Å². The van der Waals surface area contributed by atoms with Crippen molar-refractivity contribution in [2.45, 2.75) is 58.2 Å². The fourth-order valence-electron chi connectivity index (χ4n) is 1.99. The van der Waals surface area contributed by atoms with Gasteiger partial charge in [-0.1, -0.05) is 11.6 Å². The SMILES string of the molecule is CCOC(C)(C)C1(O)CC=C(C)CC1. The Balaban J connectivity index is 2.75. The normalized spacial score (nSPS) is 28.8. The maximum atomic E-state index is 10.5. The summed E-state index contributed by atoms with van der Waals surface area (Å²) in [6.45, 7) is 8.69. The first-order valence-corrected chi connectivity index (χ1v) is 5.43. The van der Waals surface area contributed by atoms with E-state index in [1.807, 2.05) is 20.8 Å². The molecule has 1 aliphatic rings. The molecule has 0 saturated heterocycles. The summed E-state index contributed by atoms with van der Waals surface area (Å²) < 4.78 is 5.63. The van der Waals surface area contributed by atoms with Gasteiger partial charge >= 0.3 is 0 Å². The Morgan fingerprint density at radius 3 is 2.64 bits per heavy atom. The predicted molar refractivity (Wildman–Crippen MR) is 58.3 cm³/mol. The van der Waals surface area contributed by atoms with Gasteiger partial charge in [-0.05, 0) is 47.0 Å². The number of ether oxygens (including phenoxy) is 1. The van der Waals surface area contributed by atoms with Crippen LogP contribution in [0.4, 0.5) is 0 Å². The maximum absolute atomic E-state index is 10.5. The molecule has 82 valence electrons. The van der Waals surface area contributed by atoms with Gasteiger partial charge in [0.05, 0.1) is 11.2 Å². The van der Waals surface area contributed by atoms with Gasteiger partial charge in [-0.25, -0.2) is 0 Å². The molecule has 0 amide bonds. The zero-order valence-electron chi connectivity index (χ0n) is 9.76. The van der Waals surface area contributed by atoms with Gasteiger partial charge < -0.3 is 9.84 Å². The molecule has 0 radical (unpaired) electrons. The van der Waals surface area contributed by atoms with Crippen LogP contribution in [0.3, 0.4) is 0 Å². The van der Waals surface area contributed by atoms with E-state index in [9.17, 15) is 5.11 Å². The Bertz CT molecular complexity index is 230. The lowest BCUT2D eigenvalue weighted by Crippen LogP contribution is -2.52. The van der Waals surface area contributed by atoms with E-state index in [1.165, 1.54) is 5.57 Å². The molecular formula is C12H22O2. The van der Waals surface area contributed by atoms with Crippen molar-refractivity contribution in [1.82, 2.24) is 0 Å². The number of rotatable bonds is 3. The average Bonchev–Trinajstić information content (AvgIpc) is 2.10. The maximum Gasteiger partial charge on any atom is 0.0967 e. The lowest BCUT2D eigenvalue weighted by molar-refractivity contribution is -0.166.